The molecule has 2 heterocycles. The second-order valence-electron chi connectivity index (χ2n) is 6.61. The quantitative estimate of drug-likeness (QED) is 0.872. The second-order valence-corrected chi connectivity index (χ2v) is 9.92. The van der Waals surface area contributed by atoms with Crippen LogP contribution < -0.4 is 10.2 Å². The van der Waals surface area contributed by atoms with Crippen molar-refractivity contribution in [3.8, 4) is 0 Å². The molecule has 1 N–H and O–H groups in total. The van der Waals surface area contributed by atoms with Gasteiger partial charge in [0.05, 0.1) is 22.9 Å². The Kier molecular flexibility index (Phi) is 4.67. The van der Waals surface area contributed by atoms with Gasteiger partial charge in [0.15, 0.2) is 9.84 Å². The molecule has 2 aliphatic heterocycles. The van der Waals surface area contributed by atoms with Crippen LogP contribution in [0.3, 0.4) is 0 Å². The zero-order chi connectivity index (χ0) is 18.1. The van der Waals surface area contributed by atoms with E-state index in [9.17, 15) is 13.2 Å². The lowest BCUT2D eigenvalue weighted by Gasteiger charge is -2.32. The van der Waals surface area contributed by atoms with Crippen molar-refractivity contribution < 1.29 is 13.2 Å². The highest BCUT2D eigenvalue weighted by Crippen LogP contribution is 2.47. The van der Waals surface area contributed by atoms with E-state index in [1.165, 1.54) is 9.79 Å². The van der Waals surface area contributed by atoms with Crippen molar-refractivity contribution in [3.63, 3.8) is 0 Å². The number of carbonyl (C=O) groups excluding carboxylic acids is 1. The van der Waals surface area contributed by atoms with Crippen LogP contribution in [-0.4, -0.2) is 38.4 Å². The minimum absolute atomic E-state index is 0.0603. The van der Waals surface area contributed by atoms with Crippen LogP contribution in [0.1, 0.15) is 12.8 Å². The minimum atomic E-state index is -2.98. The number of hydrogen-bond donors (Lipinski definition) is 1. The highest BCUT2D eigenvalue weighted by molar-refractivity contribution is 7.99. The molecule has 2 aromatic carbocycles. The fourth-order valence-electron chi connectivity index (χ4n) is 3.44. The van der Waals surface area contributed by atoms with Gasteiger partial charge >= 0.3 is 0 Å². The Morgan fingerprint density at radius 3 is 2.27 bits per heavy atom. The number of nitrogens with one attached hydrogen (secondary N) is 1. The number of sulfone groups is 1. The first-order valence-electron chi connectivity index (χ1n) is 8.65. The Labute approximate surface area is 157 Å². The first-order valence-corrected chi connectivity index (χ1v) is 11.3. The van der Waals surface area contributed by atoms with Crippen LogP contribution in [0.15, 0.2) is 58.3 Å². The zero-order valence-corrected chi connectivity index (χ0v) is 15.9. The number of benzene rings is 2. The smallest absolute Gasteiger partial charge is 0.222 e. The van der Waals surface area contributed by atoms with Gasteiger partial charge in [-0.1, -0.05) is 36.0 Å². The van der Waals surface area contributed by atoms with Crippen LogP contribution in [0, 0.1) is 0 Å². The standard InChI is InChI=1S/C19H20N2O3S2/c22-19(20-14-10-12-26(23,24)13-14)9-11-21-15-5-1-3-7-17(15)25-18-8-4-2-6-16(18)21/h1-8,14H,9-13H2,(H,20,22). The highest BCUT2D eigenvalue weighted by atomic mass is 32.2. The molecule has 1 unspecified atom stereocenters. The van der Waals surface area contributed by atoms with E-state index in [-0.39, 0.29) is 23.5 Å². The van der Waals surface area contributed by atoms with Crippen LogP contribution >= 0.6 is 11.8 Å². The van der Waals surface area contributed by atoms with Crippen molar-refractivity contribution in [2.45, 2.75) is 28.7 Å². The van der Waals surface area contributed by atoms with Gasteiger partial charge in [0.2, 0.25) is 5.91 Å². The summed E-state index contributed by atoms with van der Waals surface area (Å²) in [5.41, 5.74) is 2.21. The molecule has 26 heavy (non-hydrogen) atoms. The summed E-state index contributed by atoms with van der Waals surface area (Å²) in [6, 6.07) is 16.1. The summed E-state index contributed by atoms with van der Waals surface area (Å²) in [6.07, 6.45) is 0.837. The van der Waals surface area contributed by atoms with E-state index in [0.29, 0.717) is 19.4 Å². The number of fused-ring (bicyclic) bond motifs is 2. The molecular weight excluding hydrogens is 368 g/mol. The maximum absolute atomic E-state index is 12.3. The largest absolute Gasteiger partial charge is 0.352 e. The lowest BCUT2D eigenvalue weighted by Crippen LogP contribution is -2.37. The summed E-state index contributed by atoms with van der Waals surface area (Å²) in [4.78, 5) is 16.9. The van der Waals surface area contributed by atoms with Crippen molar-refractivity contribution >= 4 is 38.9 Å². The number of nitrogens with zero attached hydrogens (tertiary/aromatic N) is 1. The van der Waals surface area contributed by atoms with Crippen molar-refractivity contribution in [3.05, 3.63) is 48.5 Å². The van der Waals surface area contributed by atoms with E-state index in [1.54, 1.807) is 11.8 Å². The molecule has 5 nitrogen and oxygen atoms in total. The molecule has 0 aliphatic carbocycles. The number of para-hydroxylation sites is 2. The topological polar surface area (TPSA) is 66.5 Å². The highest BCUT2D eigenvalue weighted by Gasteiger charge is 2.29. The molecule has 7 heteroatoms. The molecule has 0 saturated carbocycles. The maximum atomic E-state index is 12.3. The second kappa shape index (κ2) is 6.96. The zero-order valence-electron chi connectivity index (χ0n) is 14.2. The van der Waals surface area contributed by atoms with Crippen LogP contribution in [0.25, 0.3) is 0 Å². The molecule has 1 fully saturated rings. The molecule has 1 saturated heterocycles. The van der Waals surface area contributed by atoms with Crippen LogP contribution in [0.2, 0.25) is 0 Å². The molecule has 0 spiro atoms. The van der Waals surface area contributed by atoms with Gasteiger partial charge in [0.1, 0.15) is 0 Å². The normalized spacial score (nSPS) is 20.3. The Morgan fingerprint density at radius 2 is 1.69 bits per heavy atom. The third-order valence-corrected chi connectivity index (χ3v) is 7.59. The summed E-state index contributed by atoms with van der Waals surface area (Å²) >= 11 is 1.74. The number of hydrogen-bond acceptors (Lipinski definition) is 5. The van der Waals surface area contributed by atoms with Gasteiger partial charge in [0, 0.05) is 28.8 Å². The van der Waals surface area contributed by atoms with Gasteiger partial charge in [-0.2, -0.15) is 0 Å². The Balaban J connectivity index is 1.47. The first-order chi connectivity index (χ1) is 12.5. The van der Waals surface area contributed by atoms with Crippen molar-refractivity contribution in [2.24, 2.45) is 0 Å². The molecule has 2 aromatic rings. The number of amides is 1. The Bertz CT molecular complexity index is 898. The summed E-state index contributed by atoms with van der Waals surface area (Å²) in [7, 11) is -2.98. The Hall–Kier alpha value is -1.99. The molecule has 1 amide bonds. The average molecular weight is 389 g/mol. The number of rotatable bonds is 4. The predicted molar refractivity (Wildman–Crippen MR) is 104 cm³/mol. The first kappa shape index (κ1) is 17.4. The Morgan fingerprint density at radius 1 is 1.08 bits per heavy atom. The van der Waals surface area contributed by atoms with Crippen LogP contribution in [0.5, 0.6) is 0 Å². The molecule has 136 valence electrons. The molecule has 0 aromatic heterocycles. The van der Waals surface area contributed by atoms with Gasteiger partial charge in [-0.15, -0.1) is 0 Å². The van der Waals surface area contributed by atoms with Gasteiger partial charge in [-0.05, 0) is 30.7 Å². The lowest BCUT2D eigenvalue weighted by molar-refractivity contribution is -0.121. The monoisotopic (exact) mass is 388 g/mol. The SMILES string of the molecule is O=C(CCN1c2ccccc2Sc2ccccc21)NC1CCS(=O)(=O)C1. The maximum Gasteiger partial charge on any atom is 0.222 e. The van der Waals surface area contributed by atoms with Crippen LogP contribution in [-0.2, 0) is 14.6 Å². The van der Waals surface area contributed by atoms with Gasteiger partial charge < -0.3 is 10.2 Å². The fourth-order valence-corrected chi connectivity index (χ4v) is 6.21. The van der Waals surface area contributed by atoms with Crippen molar-refractivity contribution in [1.82, 2.24) is 5.32 Å². The summed E-state index contributed by atoms with van der Waals surface area (Å²) in [5, 5.41) is 2.87. The van der Waals surface area contributed by atoms with Crippen LogP contribution in [0.4, 0.5) is 11.4 Å². The van der Waals surface area contributed by atoms with E-state index in [0.717, 1.165) is 11.4 Å². The van der Waals surface area contributed by atoms with Gasteiger partial charge in [-0.25, -0.2) is 8.42 Å². The summed E-state index contributed by atoms with van der Waals surface area (Å²) < 4.78 is 23.1. The van der Waals surface area contributed by atoms with E-state index in [2.05, 4.69) is 34.5 Å². The number of anilines is 2. The van der Waals surface area contributed by atoms with E-state index < -0.39 is 9.84 Å². The van der Waals surface area contributed by atoms with Gasteiger partial charge in [0.25, 0.3) is 0 Å². The minimum Gasteiger partial charge on any atom is -0.352 e. The van der Waals surface area contributed by atoms with E-state index in [1.807, 2.05) is 24.3 Å². The molecule has 0 bridgehead atoms. The van der Waals surface area contributed by atoms with E-state index in [4.69, 9.17) is 0 Å². The van der Waals surface area contributed by atoms with Crippen molar-refractivity contribution in [1.29, 1.82) is 0 Å². The average Bonchev–Trinajstić information content (AvgIpc) is 2.97. The third kappa shape index (κ3) is 3.59. The summed E-state index contributed by atoms with van der Waals surface area (Å²) in [6.45, 7) is 0.555. The fraction of sp³-hybridized carbons (Fsp3) is 0.316. The lowest BCUT2D eigenvalue weighted by atomic mass is 10.2. The van der Waals surface area contributed by atoms with E-state index >= 15 is 0 Å². The molecule has 4 rings (SSSR count). The third-order valence-electron chi connectivity index (χ3n) is 4.69. The van der Waals surface area contributed by atoms with Gasteiger partial charge in [-0.3, -0.25) is 4.79 Å². The van der Waals surface area contributed by atoms with Crippen molar-refractivity contribution in [2.75, 3.05) is 23.0 Å². The molecule has 1 atom stereocenters. The molecule has 0 radical (unpaired) electrons. The predicted octanol–water partition coefficient (Wildman–Crippen LogP) is 2.98. The number of carbonyl (C=O) groups is 1. The molecular formula is C19H20N2O3S2. The summed E-state index contributed by atoms with van der Waals surface area (Å²) in [5.74, 6) is 0.132. The molecule has 2 aliphatic rings.